The average molecular weight is 451 g/mol. The first-order valence-electron chi connectivity index (χ1n) is 11.2. The normalized spacial score (nSPS) is 17.2. The van der Waals surface area contributed by atoms with Crippen LogP contribution in [-0.4, -0.2) is 50.5 Å². The van der Waals surface area contributed by atoms with Crippen LogP contribution in [0.15, 0.2) is 59.8 Å². The van der Waals surface area contributed by atoms with Crippen molar-refractivity contribution < 1.29 is 9.53 Å². The number of methoxy groups -OCH3 is 1. The fourth-order valence-electron chi connectivity index (χ4n) is 4.24. The molecule has 2 heterocycles. The van der Waals surface area contributed by atoms with Gasteiger partial charge in [-0.25, -0.2) is 0 Å². The molecule has 1 fully saturated rings. The van der Waals surface area contributed by atoms with Crippen molar-refractivity contribution in [1.29, 1.82) is 0 Å². The summed E-state index contributed by atoms with van der Waals surface area (Å²) in [6.45, 7) is 5.00. The molecule has 2 unspecified atom stereocenters. The number of para-hydroxylation sites is 1. The summed E-state index contributed by atoms with van der Waals surface area (Å²) in [6.07, 6.45) is 4.39. The van der Waals surface area contributed by atoms with Crippen LogP contribution in [0.4, 0.5) is 0 Å². The number of thioether (sulfide) groups is 1. The molecule has 32 heavy (non-hydrogen) atoms. The summed E-state index contributed by atoms with van der Waals surface area (Å²) in [5.74, 6) is 1.72. The van der Waals surface area contributed by atoms with Gasteiger partial charge in [-0.1, -0.05) is 36.9 Å². The number of carbonyl (C=O) groups is 1. The maximum atomic E-state index is 13.3. The van der Waals surface area contributed by atoms with Crippen molar-refractivity contribution in [2.45, 2.75) is 56.0 Å². The first-order chi connectivity index (χ1) is 15.6. The summed E-state index contributed by atoms with van der Waals surface area (Å²) < 4.78 is 7.32. The molecule has 168 valence electrons. The van der Waals surface area contributed by atoms with Gasteiger partial charge in [0.05, 0.1) is 12.4 Å². The molecule has 1 aliphatic heterocycles. The predicted octanol–water partition coefficient (Wildman–Crippen LogP) is 5.21. The van der Waals surface area contributed by atoms with Crippen LogP contribution in [0.25, 0.3) is 17.1 Å². The topological polar surface area (TPSA) is 60.3 Å². The quantitative estimate of drug-likeness (QED) is 0.462. The number of rotatable bonds is 7. The Kier molecular flexibility index (Phi) is 7.15. The van der Waals surface area contributed by atoms with E-state index >= 15 is 0 Å². The van der Waals surface area contributed by atoms with Crippen LogP contribution in [0.2, 0.25) is 0 Å². The maximum Gasteiger partial charge on any atom is 0.236 e. The highest BCUT2D eigenvalue weighted by Gasteiger charge is 2.30. The minimum atomic E-state index is -0.238. The van der Waals surface area contributed by atoms with Crippen LogP contribution in [0.1, 0.15) is 39.5 Å². The lowest BCUT2D eigenvalue weighted by atomic mass is 10.00. The van der Waals surface area contributed by atoms with Crippen LogP contribution in [0, 0.1) is 0 Å². The number of piperidine rings is 1. The Hall–Kier alpha value is -2.80. The molecule has 2 aromatic carbocycles. The summed E-state index contributed by atoms with van der Waals surface area (Å²) >= 11 is 1.48. The second kappa shape index (κ2) is 10.2. The van der Waals surface area contributed by atoms with E-state index in [1.165, 1.54) is 18.2 Å². The molecule has 6 nitrogen and oxygen atoms in total. The summed E-state index contributed by atoms with van der Waals surface area (Å²) in [7, 11) is 1.65. The molecule has 0 saturated carbocycles. The number of hydrogen-bond donors (Lipinski definition) is 0. The number of carbonyl (C=O) groups excluding carboxylic acids is 1. The van der Waals surface area contributed by atoms with Gasteiger partial charge in [-0.05, 0) is 69.0 Å². The number of amides is 1. The Balaban J connectivity index is 1.65. The smallest absolute Gasteiger partial charge is 0.236 e. The van der Waals surface area contributed by atoms with Gasteiger partial charge in [0, 0.05) is 23.8 Å². The van der Waals surface area contributed by atoms with Crippen LogP contribution >= 0.6 is 11.8 Å². The van der Waals surface area contributed by atoms with E-state index in [0.717, 1.165) is 48.6 Å². The average Bonchev–Trinajstić information content (AvgIpc) is 3.27. The van der Waals surface area contributed by atoms with Gasteiger partial charge >= 0.3 is 0 Å². The second-order valence-corrected chi connectivity index (χ2v) is 9.36. The zero-order valence-electron chi connectivity index (χ0n) is 18.9. The van der Waals surface area contributed by atoms with Gasteiger partial charge in [0.1, 0.15) is 5.75 Å². The molecule has 0 radical (unpaired) electrons. The molecule has 4 rings (SSSR count). The van der Waals surface area contributed by atoms with E-state index in [-0.39, 0.29) is 11.2 Å². The summed E-state index contributed by atoms with van der Waals surface area (Å²) in [6, 6.07) is 18.2. The van der Waals surface area contributed by atoms with Crippen molar-refractivity contribution in [3.63, 3.8) is 0 Å². The number of hydrogen-bond acceptors (Lipinski definition) is 5. The van der Waals surface area contributed by atoms with Gasteiger partial charge in [-0.3, -0.25) is 9.36 Å². The van der Waals surface area contributed by atoms with Crippen molar-refractivity contribution in [2.24, 2.45) is 0 Å². The lowest BCUT2D eigenvalue weighted by Gasteiger charge is -2.36. The zero-order chi connectivity index (χ0) is 22.5. The summed E-state index contributed by atoms with van der Waals surface area (Å²) in [4.78, 5) is 15.4. The van der Waals surface area contributed by atoms with Gasteiger partial charge in [0.15, 0.2) is 11.0 Å². The fourth-order valence-corrected chi connectivity index (χ4v) is 5.18. The van der Waals surface area contributed by atoms with Crippen LogP contribution in [0.5, 0.6) is 5.75 Å². The first kappa shape index (κ1) is 22.4. The highest BCUT2D eigenvalue weighted by Crippen LogP contribution is 2.32. The summed E-state index contributed by atoms with van der Waals surface area (Å²) in [5, 5.41) is 9.47. The lowest BCUT2D eigenvalue weighted by Crippen LogP contribution is -2.46. The minimum absolute atomic E-state index is 0.190. The number of aromatic nitrogens is 3. The van der Waals surface area contributed by atoms with E-state index in [9.17, 15) is 4.79 Å². The third-order valence-electron chi connectivity index (χ3n) is 6.01. The molecule has 1 aromatic heterocycles. The van der Waals surface area contributed by atoms with E-state index in [2.05, 4.69) is 22.0 Å². The molecule has 1 amide bonds. The molecule has 1 saturated heterocycles. The van der Waals surface area contributed by atoms with Crippen molar-refractivity contribution in [3.8, 4) is 22.8 Å². The van der Waals surface area contributed by atoms with Gasteiger partial charge in [0.25, 0.3) is 0 Å². The van der Waals surface area contributed by atoms with Crippen LogP contribution < -0.4 is 4.74 Å². The highest BCUT2D eigenvalue weighted by molar-refractivity contribution is 8.00. The largest absolute Gasteiger partial charge is 0.497 e. The number of likely N-dealkylation sites (tertiary alicyclic amines) is 1. The van der Waals surface area contributed by atoms with Crippen molar-refractivity contribution in [2.75, 3.05) is 13.7 Å². The number of benzene rings is 2. The van der Waals surface area contributed by atoms with E-state index in [1.54, 1.807) is 7.11 Å². The Morgan fingerprint density at radius 3 is 2.56 bits per heavy atom. The molecule has 3 aromatic rings. The Morgan fingerprint density at radius 1 is 1.12 bits per heavy atom. The number of nitrogens with zero attached hydrogens (tertiary/aromatic N) is 4. The maximum absolute atomic E-state index is 13.3. The van der Waals surface area contributed by atoms with Gasteiger partial charge in [0.2, 0.25) is 5.91 Å². The van der Waals surface area contributed by atoms with E-state index < -0.39 is 0 Å². The second-order valence-electron chi connectivity index (χ2n) is 8.06. The van der Waals surface area contributed by atoms with Crippen molar-refractivity contribution in [3.05, 3.63) is 54.6 Å². The first-order valence-corrected chi connectivity index (χ1v) is 12.1. The number of ether oxygens (including phenoxy) is 1. The molecule has 0 spiro atoms. The standard InChI is InChI=1S/C25H30N4O2S/c1-4-20-10-8-9-17-28(20)24(30)18(2)32-25-27-26-23(19-13-15-22(31-3)16-14-19)29(25)21-11-6-5-7-12-21/h5-7,11-16,18,20H,4,8-10,17H2,1-3H3. The molecular formula is C25H30N4O2S. The molecular weight excluding hydrogens is 420 g/mol. The zero-order valence-corrected chi connectivity index (χ0v) is 19.7. The lowest BCUT2D eigenvalue weighted by molar-refractivity contribution is -0.134. The molecule has 0 bridgehead atoms. The van der Waals surface area contributed by atoms with Crippen LogP contribution in [-0.2, 0) is 4.79 Å². The van der Waals surface area contributed by atoms with Gasteiger partial charge in [-0.15, -0.1) is 10.2 Å². The minimum Gasteiger partial charge on any atom is -0.497 e. The fraction of sp³-hybridized carbons (Fsp3) is 0.400. The molecule has 0 N–H and O–H groups in total. The summed E-state index contributed by atoms with van der Waals surface area (Å²) in [5.41, 5.74) is 1.91. The molecule has 7 heteroatoms. The van der Waals surface area contributed by atoms with E-state index in [0.29, 0.717) is 11.2 Å². The van der Waals surface area contributed by atoms with Crippen molar-refractivity contribution >= 4 is 17.7 Å². The third-order valence-corrected chi connectivity index (χ3v) is 7.04. The van der Waals surface area contributed by atoms with Gasteiger partial charge < -0.3 is 9.64 Å². The van der Waals surface area contributed by atoms with Gasteiger partial charge in [-0.2, -0.15) is 0 Å². The SMILES string of the molecule is CCC1CCCCN1C(=O)C(C)Sc1nnc(-c2ccc(OC)cc2)n1-c1ccccc1. The molecule has 2 atom stereocenters. The third kappa shape index (κ3) is 4.67. The molecule has 1 aliphatic rings. The Bertz CT molecular complexity index is 1040. The highest BCUT2D eigenvalue weighted by atomic mass is 32.2. The molecule has 0 aliphatic carbocycles. The van der Waals surface area contributed by atoms with E-state index in [1.807, 2.05) is 66.1 Å². The van der Waals surface area contributed by atoms with Crippen molar-refractivity contribution in [1.82, 2.24) is 19.7 Å². The monoisotopic (exact) mass is 450 g/mol. The van der Waals surface area contributed by atoms with Crippen LogP contribution in [0.3, 0.4) is 0 Å². The Labute approximate surface area is 194 Å². The van der Waals surface area contributed by atoms with E-state index in [4.69, 9.17) is 4.74 Å². The predicted molar refractivity (Wildman–Crippen MR) is 128 cm³/mol. The Morgan fingerprint density at radius 2 is 1.88 bits per heavy atom.